The van der Waals surface area contributed by atoms with E-state index in [1.807, 2.05) is 29.8 Å². The van der Waals surface area contributed by atoms with Crippen LogP contribution in [0, 0.1) is 11.5 Å². The molecule has 0 spiro atoms. The highest BCUT2D eigenvalue weighted by molar-refractivity contribution is 7.98. The van der Waals surface area contributed by atoms with E-state index in [0.717, 1.165) is 46.7 Å². The van der Waals surface area contributed by atoms with E-state index >= 15 is 0 Å². The van der Waals surface area contributed by atoms with Gasteiger partial charge in [0.1, 0.15) is 5.75 Å². The molecule has 0 saturated heterocycles. The third-order valence-electron chi connectivity index (χ3n) is 3.27. The summed E-state index contributed by atoms with van der Waals surface area (Å²) in [6, 6.07) is 5.80. The minimum absolute atomic E-state index is 0.516. The molecule has 0 amide bonds. The van der Waals surface area contributed by atoms with Gasteiger partial charge in [0.05, 0.1) is 25.0 Å². The molecule has 2 heterocycles. The summed E-state index contributed by atoms with van der Waals surface area (Å²) in [5.74, 6) is 4.73. The number of thioether (sulfide) groups is 2. The largest absolute Gasteiger partial charge is 0.495 e. The molecule has 10 heteroatoms. The Morgan fingerprint density at radius 1 is 1.33 bits per heavy atom. The number of hydrogen-bond donors (Lipinski definition) is 2. The molecule has 0 aliphatic carbocycles. The Morgan fingerprint density at radius 2 is 2.22 bits per heavy atom. The summed E-state index contributed by atoms with van der Waals surface area (Å²) in [4.78, 5) is 8.75. The fourth-order valence-electron chi connectivity index (χ4n) is 2.03. The summed E-state index contributed by atoms with van der Waals surface area (Å²) < 4.78 is 9.57. The monoisotopic (exact) mass is 422 g/mol. The number of aliphatic imine (C=N–C) groups is 1. The van der Waals surface area contributed by atoms with E-state index in [9.17, 15) is 0 Å². The Balaban J connectivity index is 1.63. The van der Waals surface area contributed by atoms with Gasteiger partial charge in [0.25, 0.3) is 0 Å². The summed E-state index contributed by atoms with van der Waals surface area (Å²) in [6.07, 6.45) is 3.69. The molecule has 2 aromatic rings. The average molecular weight is 423 g/mol. The first-order chi connectivity index (χ1) is 13.3. The van der Waals surface area contributed by atoms with Gasteiger partial charge in [-0.2, -0.15) is 33.2 Å². The van der Waals surface area contributed by atoms with E-state index in [0.29, 0.717) is 12.5 Å². The van der Waals surface area contributed by atoms with Crippen molar-refractivity contribution in [2.45, 2.75) is 11.5 Å². The van der Waals surface area contributed by atoms with Gasteiger partial charge < -0.3 is 10.1 Å². The minimum atomic E-state index is 0.516. The van der Waals surface area contributed by atoms with Gasteiger partial charge >= 0.3 is 0 Å². The maximum atomic E-state index is 8.85. The first-order valence-electron chi connectivity index (χ1n) is 8.29. The number of guanidine groups is 1. The Morgan fingerprint density at radius 3 is 3.00 bits per heavy atom. The van der Waals surface area contributed by atoms with Crippen LogP contribution in [0.1, 0.15) is 11.4 Å². The van der Waals surface area contributed by atoms with Crippen LogP contribution in [0.2, 0.25) is 0 Å². The fourth-order valence-corrected chi connectivity index (χ4v) is 4.19. The lowest BCUT2D eigenvalue weighted by Crippen LogP contribution is -2.36. The van der Waals surface area contributed by atoms with Crippen molar-refractivity contribution in [3.63, 3.8) is 0 Å². The van der Waals surface area contributed by atoms with E-state index in [1.165, 1.54) is 11.5 Å². The third kappa shape index (κ3) is 8.51. The van der Waals surface area contributed by atoms with Crippen molar-refractivity contribution in [2.24, 2.45) is 4.99 Å². The molecule has 0 fully saturated rings. The number of nitriles is 1. The topological polar surface area (TPSA) is 95.2 Å². The van der Waals surface area contributed by atoms with Crippen LogP contribution in [0.15, 0.2) is 34.8 Å². The maximum absolute atomic E-state index is 8.85. The zero-order valence-corrected chi connectivity index (χ0v) is 17.5. The molecule has 0 atom stereocenters. The van der Waals surface area contributed by atoms with E-state index in [4.69, 9.17) is 10.00 Å². The second kappa shape index (κ2) is 13.2. The molecule has 2 rings (SSSR count). The SMILES string of the molecule is COc1cccnc1CSCCN=C(NC#N)NCCSCc1ccsn1. The molecule has 27 heavy (non-hydrogen) atoms. The molecule has 2 N–H and O–H groups in total. The predicted octanol–water partition coefficient (Wildman–Crippen LogP) is 2.73. The van der Waals surface area contributed by atoms with E-state index in [1.54, 1.807) is 36.8 Å². The van der Waals surface area contributed by atoms with Gasteiger partial charge in [-0.15, -0.1) is 0 Å². The molecule has 144 valence electrons. The zero-order valence-electron chi connectivity index (χ0n) is 15.1. The van der Waals surface area contributed by atoms with E-state index < -0.39 is 0 Å². The van der Waals surface area contributed by atoms with Crippen LogP contribution < -0.4 is 15.4 Å². The quantitative estimate of drug-likeness (QED) is 0.188. The molecule has 0 aromatic carbocycles. The number of hydrogen-bond acceptors (Lipinski definition) is 8. The van der Waals surface area contributed by atoms with Gasteiger partial charge in [-0.1, -0.05) is 0 Å². The zero-order chi connectivity index (χ0) is 19.2. The number of ether oxygens (including phenoxy) is 1. The van der Waals surface area contributed by atoms with Gasteiger partial charge in [-0.05, 0) is 29.7 Å². The van der Waals surface area contributed by atoms with E-state index in [2.05, 4.69) is 25.0 Å². The van der Waals surface area contributed by atoms with Crippen molar-refractivity contribution in [3.8, 4) is 11.9 Å². The predicted molar refractivity (Wildman–Crippen MR) is 114 cm³/mol. The van der Waals surface area contributed by atoms with Crippen LogP contribution in [0.25, 0.3) is 0 Å². The van der Waals surface area contributed by atoms with Crippen LogP contribution in [0.5, 0.6) is 5.75 Å². The number of nitrogens with one attached hydrogen (secondary N) is 2. The summed E-state index contributed by atoms with van der Waals surface area (Å²) in [6.45, 7) is 1.35. The lowest BCUT2D eigenvalue weighted by molar-refractivity contribution is 0.409. The Labute approximate surface area is 172 Å². The fraction of sp³-hybridized carbons (Fsp3) is 0.412. The van der Waals surface area contributed by atoms with Gasteiger partial charge in [-0.3, -0.25) is 15.3 Å². The number of nitrogens with zero attached hydrogens (tertiary/aromatic N) is 4. The Bertz CT molecular complexity index is 733. The summed E-state index contributed by atoms with van der Waals surface area (Å²) in [5.41, 5.74) is 2.04. The highest BCUT2D eigenvalue weighted by Crippen LogP contribution is 2.20. The summed E-state index contributed by atoms with van der Waals surface area (Å²) >= 11 is 5.00. The molecular formula is C17H22N6OS3. The van der Waals surface area contributed by atoms with Gasteiger partial charge in [0.2, 0.25) is 5.96 Å². The van der Waals surface area contributed by atoms with Crippen molar-refractivity contribution < 1.29 is 4.74 Å². The Hall–Kier alpha value is -1.96. The van der Waals surface area contributed by atoms with Crippen molar-refractivity contribution in [1.82, 2.24) is 20.0 Å². The second-order valence-corrected chi connectivity index (χ2v) is 8.02. The number of aromatic nitrogens is 2. The molecule has 2 aromatic heterocycles. The van der Waals surface area contributed by atoms with Gasteiger partial charge in [0.15, 0.2) is 6.19 Å². The number of pyridine rings is 1. The highest BCUT2D eigenvalue weighted by atomic mass is 32.2. The lowest BCUT2D eigenvalue weighted by Gasteiger charge is -2.08. The maximum Gasteiger partial charge on any atom is 0.204 e. The molecule has 0 aliphatic heterocycles. The third-order valence-corrected chi connectivity index (χ3v) is 5.81. The molecule has 0 saturated carbocycles. The van der Waals surface area contributed by atoms with Crippen molar-refractivity contribution in [2.75, 3.05) is 31.7 Å². The normalized spacial score (nSPS) is 11.0. The molecule has 0 bridgehead atoms. The van der Waals surface area contributed by atoms with E-state index in [-0.39, 0.29) is 0 Å². The first-order valence-corrected chi connectivity index (χ1v) is 11.4. The van der Waals surface area contributed by atoms with Crippen LogP contribution in [0.4, 0.5) is 0 Å². The van der Waals surface area contributed by atoms with Gasteiger partial charge in [0, 0.05) is 41.1 Å². The lowest BCUT2D eigenvalue weighted by atomic mass is 10.3. The first kappa shape index (κ1) is 21.3. The molecule has 0 radical (unpaired) electrons. The van der Waals surface area contributed by atoms with Crippen LogP contribution in [0.3, 0.4) is 0 Å². The minimum Gasteiger partial charge on any atom is -0.495 e. The molecule has 0 unspecified atom stereocenters. The van der Waals surface area contributed by atoms with Crippen LogP contribution in [-0.2, 0) is 11.5 Å². The van der Waals surface area contributed by atoms with Crippen LogP contribution >= 0.6 is 35.1 Å². The van der Waals surface area contributed by atoms with Crippen molar-refractivity contribution in [1.29, 1.82) is 5.26 Å². The Kier molecular flexibility index (Phi) is 10.5. The molecular weight excluding hydrogens is 400 g/mol. The van der Waals surface area contributed by atoms with Crippen molar-refractivity contribution >= 4 is 41.0 Å². The van der Waals surface area contributed by atoms with Crippen LogP contribution in [-0.4, -0.2) is 47.0 Å². The highest BCUT2D eigenvalue weighted by Gasteiger charge is 2.03. The van der Waals surface area contributed by atoms with Gasteiger partial charge in [-0.25, -0.2) is 0 Å². The summed E-state index contributed by atoms with van der Waals surface area (Å²) in [5, 5.41) is 16.6. The smallest absolute Gasteiger partial charge is 0.204 e. The number of rotatable bonds is 11. The second-order valence-electron chi connectivity index (χ2n) is 5.14. The molecule has 0 aliphatic rings. The standard InChI is InChI=1S/C17H22N6OS3/c1-24-16-3-2-5-19-15(16)12-26-10-7-21-17(22-13-18)20-6-9-25-11-14-4-8-27-23-14/h2-5,8H,6-7,9-12H2,1H3,(H2,20,21,22). The number of methoxy groups -OCH3 is 1. The van der Waals surface area contributed by atoms with Crippen molar-refractivity contribution in [3.05, 3.63) is 41.2 Å². The molecule has 7 nitrogen and oxygen atoms in total. The average Bonchev–Trinajstić information content (AvgIpc) is 3.21. The summed E-state index contributed by atoms with van der Waals surface area (Å²) in [7, 11) is 1.65.